The van der Waals surface area contributed by atoms with Crippen molar-refractivity contribution in [3.8, 4) is 0 Å². The van der Waals surface area contributed by atoms with Gasteiger partial charge in [0.2, 0.25) is 5.91 Å². The Kier molecular flexibility index (Phi) is 6.02. The van der Waals surface area contributed by atoms with Gasteiger partial charge in [0.15, 0.2) is 5.82 Å². The molecule has 2 aromatic heterocycles. The van der Waals surface area contributed by atoms with E-state index < -0.39 is 0 Å². The summed E-state index contributed by atoms with van der Waals surface area (Å²) in [6, 6.07) is -0.186. The number of ether oxygens (including phenoxy) is 1. The number of carbonyl (C=O) groups excluding carboxylic acids is 1. The minimum Gasteiger partial charge on any atom is -0.383 e. The Morgan fingerprint density at radius 3 is 3.05 bits per heavy atom. The molecule has 0 aliphatic rings. The van der Waals surface area contributed by atoms with Crippen molar-refractivity contribution in [1.82, 2.24) is 25.1 Å². The number of hydrogen-bond acceptors (Lipinski definition) is 6. The second-order valence-corrected chi connectivity index (χ2v) is 5.96. The Hall–Kier alpha value is -1.80. The van der Waals surface area contributed by atoms with Gasteiger partial charge in [-0.15, -0.1) is 21.5 Å². The molecular weight excluding hydrogens is 302 g/mol. The molecule has 0 aliphatic heterocycles. The highest BCUT2D eigenvalue weighted by Gasteiger charge is 2.16. The number of rotatable bonds is 8. The van der Waals surface area contributed by atoms with Gasteiger partial charge in [0.05, 0.1) is 23.9 Å². The van der Waals surface area contributed by atoms with E-state index in [9.17, 15) is 4.79 Å². The molecule has 1 N–H and O–H groups in total. The first-order valence-corrected chi connectivity index (χ1v) is 8.04. The zero-order chi connectivity index (χ0) is 15.9. The van der Waals surface area contributed by atoms with Gasteiger partial charge in [-0.2, -0.15) is 0 Å². The van der Waals surface area contributed by atoms with E-state index in [2.05, 4.69) is 20.5 Å². The van der Waals surface area contributed by atoms with E-state index >= 15 is 0 Å². The Morgan fingerprint density at radius 2 is 2.36 bits per heavy atom. The number of hydrogen-bond donors (Lipinski definition) is 1. The van der Waals surface area contributed by atoms with Crippen molar-refractivity contribution >= 4 is 17.2 Å². The number of nitrogens with one attached hydrogen (secondary N) is 1. The molecule has 0 spiro atoms. The van der Waals surface area contributed by atoms with Crippen LogP contribution in [0.25, 0.3) is 0 Å². The van der Waals surface area contributed by atoms with Crippen molar-refractivity contribution < 1.29 is 9.53 Å². The predicted molar refractivity (Wildman–Crippen MR) is 83.6 cm³/mol. The molecule has 2 heterocycles. The van der Waals surface area contributed by atoms with E-state index in [1.807, 2.05) is 23.9 Å². The summed E-state index contributed by atoms with van der Waals surface area (Å²) in [6.45, 7) is 5.11. The number of thiazole rings is 1. The van der Waals surface area contributed by atoms with Crippen LogP contribution in [0, 0.1) is 6.92 Å². The number of carbonyl (C=O) groups is 1. The van der Waals surface area contributed by atoms with Crippen molar-refractivity contribution in [2.45, 2.75) is 39.3 Å². The van der Waals surface area contributed by atoms with E-state index in [4.69, 9.17) is 4.74 Å². The highest BCUT2D eigenvalue weighted by Crippen LogP contribution is 2.15. The van der Waals surface area contributed by atoms with Crippen molar-refractivity contribution in [3.05, 3.63) is 28.2 Å². The highest BCUT2D eigenvalue weighted by atomic mass is 32.1. The van der Waals surface area contributed by atoms with Crippen LogP contribution in [0.3, 0.4) is 0 Å². The Morgan fingerprint density at radius 1 is 1.55 bits per heavy atom. The maximum Gasteiger partial charge on any atom is 0.220 e. The van der Waals surface area contributed by atoms with Gasteiger partial charge in [0.25, 0.3) is 0 Å². The molecule has 0 aromatic carbocycles. The van der Waals surface area contributed by atoms with Crippen molar-refractivity contribution in [3.63, 3.8) is 0 Å². The molecule has 1 amide bonds. The molecule has 22 heavy (non-hydrogen) atoms. The number of amides is 1. The smallest absolute Gasteiger partial charge is 0.220 e. The van der Waals surface area contributed by atoms with E-state index in [-0.39, 0.29) is 11.9 Å². The van der Waals surface area contributed by atoms with Crippen molar-refractivity contribution in [2.24, 2.45) is 0 Å². The average Bonchev–Trinajstić information content (AvgIpc) is 3.11. The molecule has 0 aliphatic carbocycles. The van der Waals surface area contributed by atoms with Crippen LogP contribution < -0.4 is 5.32 Å². The molecule has 0 fully saturated rings. The second kappa shape index (κ2) is 8.00. The molecule has 7 nitrogen and oxygen atoms in total. The molecule has 2 rings (SSSR count). The predicted octanol–water partition coefficient (Wildman–Crippen LogP) is 1.50. The normalized spacial score (nSPS) is 12.3. The zero-order valence-corrected chi connectivity index (χ0v) is 13.9. The lowest BCUT2D eigenvalue weighted by Gasteiger charge is -2.14. The van der Waals surface area contributed by atoms with Crippen LogP contribution in [0.1, 0.15) is 35.8 Å². The molecule has 0 saturated heterocycles. The van der Waals surface area contributed by atoms with E-state index in [0.717, 1.165) is 16.4 Å². The zero-order valence-electron chi connectivity index (χ0n) is 13.1. The summed E-state index contributed by atoms with van der Waals surface area (Å²) >= 11 is 1.59. The number of nitrogens with zero attached hydrogens (tertiary/aromatic N) is 4. The molecule has 120 valence electrons. The lowest BCUT2D eigenvalue weighted by atomic mass is 10.2. The monoisotopic (exact) mass is 323 g/mol. The van der Waals surface area contributed by atoms with Crippen LogP contribution in [0.5, 0.6) is 0 Å². The molecule has 1 atom stereocenters. The first kappa shape index (κ1) is 16.6. The number of methoxy groups -OCH3 is 1. The third-order valence-electron chi connectivity index (χ3n) is 3.37. The highest BCUT2D eigenvalue weighted by molar-refractivity contribution is 7.09. The summed E-state index contributed by atoms with van der Waals surface area (Å²) in [5, 5.41) is 10.9. The largest absolute Gasteiger partial charge is 0.383 e. The Balaban J connectivity index is 1.86. The van der Waals surface area contributed by atoms with Gasteiger partial charge in [0, 0.05) is 25.0 Å². The molecule has 0 saturated carbocycles. The van der Waals surface area contributed by atoms with Gasteiger partial charge in [-0.25, -0.2) is 4.98 Å². The lowest BCUT2D eigenvalue weighted by molar-refractivity contribution is -0.121. The summed E-state index contributed by atoms with van der Waals surface area (Å²) in [7, 11) is 1.65. The van der Waals surface area contributed by atoms with Crippen molar-refractivity contribution in [1.29, 1.82) is 0 Å². The lowest BCUT2D eigenvalue weighted by Crippen LogP contribution is -2.29. The molecule has 2 aromatic rings. The Labute approximate surface area is 133 Å². The van der Waals surface area contributed by atoms with Gasteiger partial charge in [-0.1, -0.05) is 0 Å². The number of aromatic nitrogens is 4. The van der Waals surface area contributed by atoms with Gasteiger partial charge < -0.3 is 14.6 Å². The van der Waals surface area contributed by atoms with E-state index in [1.165, 1.54) is 0 Å². The third kappa shape index (κ3) is 4.35. The van der Waals surface area contributed by atoms with Crippen LogP contribution in [-0.4, -0.2) is 39.4 Å². The van der Waals surface area contributed by atoms with E-state index in [1.54, 1.807) is 24.8 Å². The average molecular weight is 323 g/mol. The molecule has 8 heteroatoms. The van der Waals surface area contributed by atoms with Crippen molar-refractivity contribution in [2.75, 3.05) is 13.7 Å². The fraction of sp³-hybridized carbons (Fsp3) is 0.571. The maximum absolute atomic E-state index is 12.1. The number of aryl methyl sites for hydroxylation is 2. The van der Waals surface area contributed by atoms with Crippen LogP contribution in [0.15, 0.2) is 11.8 Å². The quantitative estimate of drug-likeness (QED) is 0.796. The van der Waals surface area contributed by atoms with Crippen LogP contribution in [-0.2, 0) is 22.5 Å². The first-order chi connectivity index (χ1) is 10.6. The standard InChI is InChI=1S/C14H21N5O2S/c1-10-12(22-9-15-10)4-5-13(20)17-11(2)14-18-16-8-19(14)6-7-21-3/h8-9,11H,4-7H2,1-3H3,(H,17,20). The van der Waals surface area contributed by atoms with Crippen LogP contribution >= 0.6 is 11.3 Å². The fourth-order valence-electron chi connectivity index (χ4n) is 2.13. The minimum atomic E-state index is -0.186. The second-order valence-electron chi connectivity index (χ2n) is 5.03. The minimum absolute atomic E-state index is 0.00147. The summed E-state index contributed by atoms with van der Waals surface area (Å²) in [6.07, 6.45) is 2.81. The van der Waals surface area contributed by atoms with E-state index in [0.29, 0.717) is 26.0 Å². The van der Waals surface area contributed by atoms with Gasteiger partial charge in [0.1, 0.15) is 6.33 Å². The summed E-state index contributed by atoms with van der Waals surface area (Å²) in [5.41, 5.74) is 2.81. The molecule has 0 bridgehead atoms. The van der Waals surface area contributed by atoms with Gasteiger partial charge in [-0.3, -0.25) is 4.79 Å². The van der Waals surface area contributed by atoms with Crippen LogP contribution in [0.4, 0.5) is 0 Å². The third-order valence-corrected chi connectivity index (χ3v) is 4.37. The Bertz CT molecular complexity index is 610. The summed E-state index contributed by atoms with van der Waals surface area (Å²) in [4.78, 5) is 17.4. The SMILES string of the molecule is COCCn1cnnc1C(C)NC(=O)CCc1scnc1C. The van der Waals surface area contributed by atoms with Gasteiger partial charge >= 0.3 is 0 Å². The molecular formula is C14H21N5O2S. The molecule has 0 radical (unpaired) electrons. The van der Waals surface area contributed by atoms with Crippen LogP contribution in [0.2, 0.25) is 0 Å². The first-order valence-electron chi connectivity index (χ1n) is 7.16. The topological polar surface area (TPSA) is 81.9 Å². The fourth-order valence-corrected chi connectivity index (χ4v) is 2.91. The maximum atomic E-state index is 12.1. The van der Waals surface area contributed by atoms with Gasteiger partial charge in [-0.05, 0) is 20.3 Å². The summed E-state index contributed by atoms with van der Waals surface area (Å²) < 4.78 is 6.94. The summed E-state index contributed by atoms with van der Waals surface area (Å²) in [5.74, 6) is 0.737. The molecule has 1 unspecified atom stereocenters.